The molecule has 20 heavy (non-hydrogen) atoms. The first-order valence-electron chi connectivity index (χ1n) is 6.77. The van der Waals surface area contributed by atoms with Gasteiger partial charge in [0.05, 0.1) is 6.61 Å². The van der Waals surface area contributed by atoms with Crippen LogP contribution in [0.3, 0.4) is 0 Å². The van der Waals surface area contributed by atoms with E-state index >= 15 is 0 Å². The summed E-state index contributed by atoms with van der Waals surface area (Å²) in [5.41, 5.74) is 2.39. The molecule has 1 atom stereocenters. The maximum atomic E-state index is 11.9. The molecule has 0 fully saturated rings. The molecule has 0 amide bonds. The molecule has 0 bridgehead atoms. The van der Waals surface area contributed by atoms with Crippen LogP contribution in [0.2, 0.25) is 0 Å². The van der Waals surface area contributed by atoms with Crippen molar-refractivity contribution in [1.29, 1.82) is 0 Å². The molecule has 1 rings (SSSR count). The molecule has 1 aromatic rings. The topological polar surface area (TPSA) is 21.3 Å². The lowest BCUT2D eigenvalue weighted by molar-refractivity contribution is -0.173. The van der Waals surface area contributed by atoms with Crippen molar-refractivity contribution >= 4 is 0 Å². The molecular formula is C15H22F3NO. The number of halogens is 3. The average molecular weight is 289 g/mol. The van der Waals surface area contributed by atoms with Crippen LogP contribution in [0.15, 0.2) is 24.3 Å². The second-order valence-electron chi connectivity index (χ2n) is 5.16. The Hall–Kier alpha value is -1.07. The summed E-state index contributed by atoms with van der Waals surface area (Å²) in [4.78, 5) is 0. The fourth-order valence-electron chi connectivity index (χ4n) is 1.82. The number of rotatable bonds is 7. The van der Waals surface area contributed by atoms with Crippen LogP contribution in [-0.2, 0) is 4.74 Å². The molecule has 0 aliphatic rings. The molecule has 0 saturated carbocycles. The summed E-state index contributed by atoms with van der Waals surface area (Å²) in [7, 11) is 0. The quantitative estimate of drug-likeness (QED) is 0.765. The highest BCUT2D eigenvalue weighted by Crippen LogP contribution is 2.18. The number of hydrogen-bond acceptors (Lipinski definition) is 2. The minimum atomic E-state index is -4.25. The summed E-state index contributed by atoms with van der Waals surface area (Å²) in [5, 5.41) is 3.14. The first-order chi connectivity index (χ1) is 9.29. The van der Waals surface area contributed by atoms with Crippen LogP contribution in [0, 0.1) is 0 Å². The van der Waals surface area contributed by atoms with Crippen LogP contribution < -0.4 is 5.32 Å². The van der Waals surface area contributed by atoms with Gasteiger partial charge in [-0.2, -0.15) is 13.2 Å². The molecule has 0 aliphatic carbocycles. The van der Waals surface area contributed by atoms with Gasteiger partial charge in [-0.3, -0.25) is 0 Å². The number of ether oxygens (including phenoxy) is 1. The van der Waals surface area contributed by atoms with Gasteiger partial charge in [-0.1, -0.05) is 38.1 Å². The van der Waals surface area contributed by atoms with E-state index in [0.29, 0.717) is 12.5 Å². The molecule has 5 heteroatoms. The van der Waals surface area contributed by atoms with Gasteiger partial charge in [0.25, 0.3) is 0 Å². The summed E-state index contributed by atoms with van der Waals surface area (Å²) >= 11 is 0. The van der Waals surface area contributed by atoms with Gasteiger partial charge in [-0.15, -0.1) is 0 Å². The number of benzene rings is 1. The molecule has 1 aromatic carbocycles. The van der Waals surface area contributed by atoms with Crippen molar-refractivity contribution < 1.29 is 17.9 Å². The zero-order valence-corrected chi connectivity index (χ0v) is 12.1. The van der Waals surface area contributed by atoms with Gasteiger partial charge >= 0.3 is 6.18 Å². The Kier molecular flexibility index (Phi) is 6.49. The predicted octanol–water partition coefficient (Wildman–Crippen LogP) is 4.04. The third kappa shape index (κ3) is 6.39. The van der Waals surface area contributed by atoms with Crippen LogP contribution in [0.25, 0.3) is 0 Å². The average Bonchev–Trinajstić information content (AvgIpc) is 2.37. The molecule has 1 unspecified atom stereocenters. The van der Waals surface area contributed by atoms with E-state index in [0.717, 1.165) is 5.56 Å². The van der Waals surface area contributed by atoms with Gasteiger partial charge in [0, 0.05) is 12.6 Å². The van der Waals surface area contributed by atoms with E-state index < -0.39 is 12.8 Å². The van der Waals surface area contributed by atoms with Gasteiger partial charge in [-0.25, -0.2) is 0 Å². The van der Waals surface area contributed by atoms with Gasteiger partial charge in [0.2, 0.25) is 0 Å². The fraction of sp³-hybridized carbons (Fsp3) is 0.600. The second kappa shape index (κ2) is 7.64. The summed E-state index contributed by atoms with van der Waals surface area (Å²) in [6.45, 7) is 5.50. The second-order valence-corrected chi connectivity index (χ2v) is 5.16. The van der Waals surface area contributed by atoms with E-state index in [1.807, 2.05) is 19.1 Å². The van der Waals surface area contributed by atoms with Gasteiger partial charge in [0.1, 0.15) is 6.61 Å². The fourth-order valence-corrected chi connectivity index (χ4v) is 1.82. The van der Waals surface area contributed by atoms with Crippen molar-refractivity contribution in [3.05, 3.63) is 35.4 Å². The highest BCUT2D eigenvalue weighted by molar-refractivity contribution is 5.26. The summed E-state index contributed by atoms with van der Waals surface area (Å²) < 4.78 is 40.1. The zero-order valence-electron chi connectivity index (χ0n) is 12.1. The number of nitrogens with one attached hydrogen (secondary N) is 1. The minimum absolute atomic E-state index is 0.0495. The predicted molar refractivity (Wildman–Crippen MR) is 73.8 cm³/mol. The van der Waals surface area contributed by atoms with E-state index in [2.05, 4.69) is 36.0 Å². The van der Waals surface area contributed by atoms with Crippen molar-refractivity contribution in [3.8, 4) is 0 Å². The summed E-state index contributed by atoms with van der Waals surface area (Å²) in [6, 6.07) is 8.34. The monoisotopic (exact) mass is 289 g/mol. The van der Waals surface area contributed by atoms with E-state index in [1.165, 1.54) is 5.56 Å². The van der Waals surface area contributed by atoms with E-state index in [1.54, 1.807) is 0 Å². The van der Waals surface area contributed by atoms with Crippen LogP contribution in [0.5, 0.6) is 0 Å². The Morgan fingerprint density at radius 2 is 1.60 bits per heavy atom. The number of hydrogen-bond donors (Lipinski definition) is 1. The Morgan fingerprint density at radius 3 is 2.10 bits per heavy atom. The molecule has 0 saturated heterocycles. The van der Waals surface area contributed by atoms with Crippen molar-refractivity contribution in [2.45, 2.75) is 38.9 Å². The summed E-state index contributed by atoms with van der Waals surface area (Å²) in [5.74, 6) is 0.489. The van der Waals surface area contributed by atoms with Crippen molar-refractivity contribution in [2.24, 2.45) is 0 Å². The lowest BCUT2D eigenvalue weighted by Crippen LogP contribution is -2.26. The molecule has 0 heterocycles. The third-order valence-electron chi connectivity index (χ3n) is 3.07. The Balaban J connectivity index is 2.30. The Bertz CT molecular complexity index is 387. The van der Waals surface area contributed by atoms with Crippen LogP contribution in [0.1, 0.15) is 43.9 Å². The van der Waals surface area contributed by atoms with E-state index in [4.69, 9.17) is 0 Å². The largest absolute Gasteiger partial charge is 0.411 e. The van der Waals surface area contributed by atoms with Crippen molar-refractivity contribution in [1.82, 2.24) is 5.32 Å². The van der Waals surface area contributed by atoms with Gasteiger partial charge in [0.15, 0.2) is 0 Å². The lowest BCUT2D eigenvalue weighted by Gasteiger charge is -2.16. The van der Waals surface area contributed by atoms with E-state index in [9.17, 15) is 13.2 Å². The molecule has 2 nitrogen and oxygen atoms in total. The zero-order chi connectivity index (χ0) is 15.2. The first kappa shape index (κ1) is 17.0. The standard InChI is InChI=1S/C15H22F3NO/c1-11(2)13-4-6-14(7-5-13)12(3)19-8-9-20-10-15(16,17)18/h4-7,11-12,19H,8-10H2,1-3H3. The highest BCUT2D eigenvalue weighted by atomic mass is 19.4. The highest BCUT2D eigenvalue weighted by Gasteiger charge is 2.27. The van der Waals surface area contributed by atoms with Crippen molar-refractivity contribution in [2.75, 3.05) is 19.8 Å². The third-order valence-corrected chi connectivity index (χ3v) is 3.07. The molecule has 114 valence electrons. The first-order valence-corrected chi connectivity index (χ1v) is 6.77. The molecule has 0 aromatic heterocycles. The SMILES string of the molecule is CC(C)c1ccc(C(C)NCCOCC(F)(F)F)cc1. The number of alkyl halides is 3. The van der Waals surface area contributed by atoms with Crippen LogP contribution in [0.4, 0.5) is 13.2 Å². The van der Waals surface area contributed by atoms with Gasteiger partial charge in [-0.05, 0) is 24.0 Å². The molecule has 1 N–H and O–H groups in total. The Labute approximate surface area is 118 Å². The maximum absolute atomic E-state index is 11.9. The van der Waals surface area contributed by atoms with E-state index in [-0.39, 0.29) is 12.6 Å². The summed E-state index contributed by atoms with van der Waals surface area (Å²) in [6.07, 6.45) is -4.25. The Morgan fingerprint density at radius 1 is 1.05 bits per heavy atom. The molecule has 0 radical (unpaired) electrons. The normalized spacial score (nSPS) is 13.8. The molecular weight excluding hydrogens is 267 g/mol. The molecule has 0 aliphatic heterocycles. The maximum Gasteiger partial charge on any atom is 0.411 e. The van der Waals surface area contributed by atoms with Crippen LogP contribution >= 0.6 is 0 Å². The minimum Gasteiger partial charge on any atom is -0.371 e. The van der Waals surface area contributed by atoms with Crippen LogP contribution in [-0.4, -0.2) is 25.9 Å². The van der Waals surface area contributed by atoms with Gasteiger partial charge < -0.3 is 10.1 Å². The lowest BCUT2D eigenvalue weighted by atomic mass is 10.00. The molecule has 0 spiro atoms. The smallest absolute Gasteiger partial charge is 0.371 e. The van der Waals surface area contributed by atoms with Crippen molar-refractivity contribution in [3.63, 3.8) is 0 Å².